The van der Waals surface area contributed by atoms with E-state index in [1.807, 2.05) is 12.1 Å². The number of hydrogen-bond acceptors (Lipinski definition) is 1. The van der Waals surface area contributed by atoms with Crippen molar-refractivity contribution in [2.75, 3.05) is 0 Å². The van der Waals surface area contributed by atoms with E-state index in [0.717, 1.165) is 24.5 Å². The largest absolute Gasteiger partial charge is 0.284 e. The molecule has 2 heteroatoms. The van der Waals surface area contributed by atoms with Crippen LogP contribution in [0.4, 0.5) is 0 Å². The molecule has 148 valence electrons. The summed E-state index contributed by atoms with van der Waals surface area (Å²) in [6, 6.07) is 28.3. The van der Waals surface area contributed by atoms with Crippen molar-refractivity contribution in [2.24, 2.45) is 0 Å². The molecule has 3 aromatic carbocycles. The van der Waals surface area contributed by atoms with Gasteiger partial charge in [0.2, 0.25) is 0 Å². The molecule has 0 radical (unpaired) electrons. The normalized spacial score (nSPS) is 18.0. The SMILES string of the molecule is CCCC/C=C1/c2ccccc2CN(Cc2ccccc2)C1c1ccc(Cl)cc1. The monoisotopic (exact) mass is 401 g/mol. The summed E-state index contributed by atoms with van der Waals surface area (Å²) in [5, 5.41) is 0.788. The highest BCUT2D eigenvalue weighted by atomic mass is 35.5. The molecule has 0 fully saturated rings. The van der Waals surface area contributed by atoms with Crippen LogP contribution in [-0.4, -0.2) is 4.90 Å². The van der Waals surface area contributed by atoms with Gasteiger partial charge < -0.3 is 0 Å². The molecule has 1 nitrogen and oxygen atoms in total. The van der Waals surface area contributed by atoms with Gasteiger partial charge in [-0.25, -0.2) is 0 Å². The minimum Gasteiger partial charge on any atom is -0.284 e. The van der Waals surface area contributed by atoms with Gasteiger partial charge in [-0.15, -0.1) is 0 Å². The maximum absolute atomic E-state index is 6.21. The summed E-state index contributed by atoms with van der Waals surface area (Å²) in [6.07, 6.45) is 6.02. The molecule has 1 heterocycles. The van der Waals surface area contributed by atoms with Crippen LogP contribution >= 0.6 is 11.6 Å². The molecule has 0 aliphatic carbocycles. The maximum atomic E-state index is 6.21. The molecule has 1 aliphatic heterocycles. The van der Waals surface area contributed by atoms with Gasteiger partial charge in [0.15, 0.2) is 0 Å². The van der Waals surface area contributed by atoms with Crippen LogP contribution in [-0.2, 0) is 13.1 Å². The maximum Gasteiger partial charge on any atom is 0.0610 e. The Morgan fingerprint density at radius 2 is 1.66 bits per heavy atom. The van der Waals surface area contributed by atoms with Gasteiger partial charge in [0.25, 0.3) is 0 Å². The quantitative estimate of drug-likeness (QED) is 0.383. The van der Waals surface area contributed by atoms with E-state index in [2.05, 4.69) is 84.6 Å². The Kier molecular flexibility index (Phi) is 6.49. The van der Waals surface area contributed by atoms with E-state index in [-0.39, 0.29) is 6.04 Å². The number of halogens is 1. The van der Waals surface area contributed by atoms with Crippen molar-refractivity contribution in [1.29, 1.82) is 0 Å². The molecule has 0 aromatic heterocycles. The number of nitrogens with zero attached hydrogens (tertiary/aromatic N) is 1. The summed E-state index contributed by atoms with van der Waals surface area (Å²) in [4.78, 5) is 2.60. The predicted molar refractivity (Wildman–Crippen MR) is 124 cm³/mol. The molecule has 0 bridgehead atoms. The first-order valence-corrected chi connectivity index (χ1v) is 11.0. The Balaban J connectivity index is 1.80. The van der Waals surface area contributed by atoms with Crippen LogP contribution in [0.3, 0.4) is 0 Å². The highest BCUT2D eigenvalue weighted by Crippen LogP contribution is 2.43. The number of fused-ring (bicyclic) bond motifs is 1. The van der Waals surface area contributed by atoms with Crippen molar-refractivity contribution in [3.05, 3.63) is 112 Å². The van der Waals surface area contributed by atoms with Crippen molar-refractivity contribution in [3.63, 3.8) is 0 Å². The van der Waals surface area contributed by atoms with Crippen LogP contribution in [0.25, 0.3) is 5.57 Å². The van der Waals surface area contributed by atoms with Gasteiger partial charge >= 0.3 is 0 Å². The third-order valence-corrected chi connectivity index (χ3v) is 5.95. The molecule has 0 spiro atoms. The van der Waals surface area contributed by atoms with Gasteiger partial charge in [0, 0.05) is 18.1 Å². The minimum absolute atomic E-state index is 0.235. The van der Waals surface area contributed by atoms with E-state index in [1.54, 1.807) is 0 Å². The fraction of sp³-hybridized carbons (Fsp3) is 0.259. The van der Waals surface area contributed by atoms with E-state index in [4.69, 9.17) is 11.6 Å². The molecule has 0 amide bonds. The second-order valence-electron chi connectivity index (χ2n) is 7.80. The molecule has 0 N–H and O–H groups in total. The van der Waals surface area contributed by atoms with Crippen LogP contribution < -0.4 is 0 Å². The molecule has 3 aromatic rings. The van der Waals surface area contributed by atoms with Crippen LogP contribution in [0.15, 0.2) is 84.9 Å². The minimum atomic E-state index is 0.235. The molecular formula is C27H28ClN. The lowest BCUT2D eigenvalue weighted by molar-refractivity contribution is 0.211. The molecule has 29 heavy (non-hydrogen) atoms. The number of rotatable bonds is 6. The molecule has 4 rings (SSSR count). The van der Waals surface area contributed by atoms with Crippen LogP contribution in [0.1, 0.15) is 54.5 Å². The van der Waals surface area contributed by atoms with Crippen molar-refractivity contribution in [1.82, 2.24) is 4.90 Å². The fourth-order valence-corrected chi connectivity index (χ4v) is 4.40. The first kappa shape index (κ1) is 19.9. The topological polar surface area (TPSA) is 3.24 Å². The van der Waals surface area contributed by atoms with E-state index in [9.17, 15) is 0 Å². The summed E-state index contributed by atoms with van der Waals surface area (Å²) in [5.41, 5.74) is 6.89. The van der Waals surface area contributed by atoms with Crippen LogP contribution in [0, 0.1) is 0 Å². The van der Waals surface area contributed by atoms with Crippen molar-refractivity contribution in [3.8, 4) is 0 Å². The lowest BCUT2D eigenvalue weighted by Crippen LogP contribution is -2.33. The van der Waals surface area contributed by atoms with Crippen molar-refractivity contribution < 1.29 is 0 Å². The summed E-state index contributed by atoms with van der Waals surface area (Å²) < 4.78 is 0. The second kappa shape index (κ2) is 9.43. The summed E-state index contributed by atoms with van der Waals surface area (Å²) in [7, 11) is 0. The highest BCUT2D eigenvalue weighted by molar-refractivity contribution is 6.30. The Morgan fingerprint density at radius 1 is 0.931 bits per heavy atom. The first-order valence-electron chi connectivity index (χ1n) is 10.6. The third-order valence-electron chi connectivity index (χ3n) is 5.70. The Hall–Kier alpha value is -2.35. The van der Waals surface area contributed by atoms with E-state index < -0.39 is 0 Å². The molecule has 0 saturated carbocycles. The van der Waals surface area contributed by atoms with Gasteiger partial charge in [-0.3, -0.25) is 4.90 Å². The van der Waals surface area contributed by atoms with Gasteiger partial charge in [-0.05, 0) is 46.4 Å². The number of allylic oxidation sites excluding steroid dienone is 1. The first-order chi connectivity index (χ1) is 14.3. The zero-order valence-electron chi connectivity index (χ0n) is 17.0. The molecule has 0 saturated heterocycles. The summed E-state index contributed by atoms with van der Waals surface area (Å²) in [6.45, 7) is 4.13. The van der Waals surface area contributed by atoms with Crippen molar-refractivity contribution >= 4 is 17.2 Å². The Labute approximate surface area is 179 Å². The average Bonchev–Trinajstić information content (AvgIpc) is 2.75. The molecule has 1 aliphatic rings. The van der Waals surface area contributed by atoms with E-state index in [1.165, 1.54) is 40.7 Å². The number of unbranched alkanes of at least 4 members (excludes halogenated alkanes) is 2. The van der Waals surface area contributed by atoms with Gasteiger partial charge in [-0.1, -0.05) is 104 Å². The van der Waals surface area contributed by atoms with E-state index in [0.29, 0.717) is 0 Å². The standard InChI is InChI=1S/C27H28ClN/c1-2-3-5-14-26-25-13-9-8-12-23(25)20-29(19-21-10-6-4-7-11-21)27(26)22-15-17-24(28)18-16-22/h4,6-18,27H,2-3,5,19-20H2,1H3/b26-14-. The Morgan fingerprint density at radius 3 is 2.41 bits per heavy atom. The zero-order valence-corrected chi connectivity index (χ0v) is 17.8. The second-order valence-corrected chi connectivity index (χ2v) is 8.24. The lowest BCUT2D eigenvalue weighted by atomic mass is 9.84. The zero-order chi connectivity index (χ0) is 20.1. The van der Waals surface area contributed by atoms with Crippen LogP contribution in [0.5, 0.6) is 0 Å². The third kappa shape index (κ3) is 4.63. The van der Waals surface area contributed by atoms with Crippen molar-refractivity contribution in [2.45, 2.75) is 45.3 Å². The number of hydrogen-bond donors (Lipinski definition) is 0. The smallest absolute Gasteiger partial charge is 0.0610 e. The van der Waals surface area contributed by atoms with Gasteiger partial charge in [0.1, 0.15) is 0 Å². The number of benzene rings is 3. The Bertz CT molecular complexity index is 959. The molecule has 1 atom stereocenters. The van der Waals surface area contributed by atoms with Gasteiger partial charge in [0.05, 0.1) is 6.04 Å². The average molecular weight is 402 g/mol. The predicted octanol–water partition coefficient (Wildman–Crippen LogP) is 7.67. The summed E-state index contributed by atoms with van der Waals surface area (Å²) in [5.74, 6) is 0. The highest BCUT2D eigenvalue weighted by Gasteiger charge is 2.31. The molecule has 1 unspecified atom stereocenters. The summed E-state index contributed by atoms with van der Waals surface area (Å²) >= 11 is 6.21. The van der Waals surface area contributed by atoms with E-state index >= 15 is 0 Å². The lowest BCUT2D eigenvalue weighted by Gasteiger charge is -2.39. The fourth-order valence-electron chi connectivity index (χ4n) is 4.28. The van der Waals surface area contributed by atoms with Gasteiger partial charge in [-0.2, -0.15) is 0 Å². The molecular weight excluding hydrogens is 374 g/mol. The van der Waals surface area contributed by atoms with Crippen LogP contribution in [0.2, 0.25) is 5.02 Å².